The molecule has 0 N–H and O–H groups in total. The smallest absolute Gasteiger partial charge is 0.351 e. The molecule has 0 aliphatic carbocycles. The van der Waals surface area contributed by atoms with Crippen molar-refractivity contribution in [1.29, 1.82) is 0 Å². The number of rotatable bonds is 10. The van der Waals surface area contributed by atoms with E-state index in [-0.39, 0.29) is 24.3 Å². The minimum Gasteiger partial charge on any atom is -0.379 e. The van der Waals surface area contributed by atoms with Crippen LogP contribution in [0.25, 0.3) is 0 Å². The number of hydrogen-bond donors (Lipinski definition) is 0. The van der Waals surface area contributed by atoms with Crippen LogP contribution in [0.15, 0.2) is 0 Å². The molecule has 3 unspecified atom stereocenters. The molecule has 3 atom stereocenters. The molecule has 0 spiro atoms. The normalized spacial score (nSPS) is 15.3. The van der Waals surface area contributed by atoms with Gasteiger partial charge in [-0.05, 0) is 18.3 Å². The Bertz CT molecular complexity index is 349. The number of methoxy groups -OCH3 is 1. The Hall–Kier alpha value is -1.17. The molecule has 0 radical (unpaired) electrons. The molecule has 0 saturated heterocycles. The summed E-state index contributed by atoms with van der Waals surface area (Å²) < 4.78 is 17.4. The molecule has 0 fully saturated rings. The largest absolute Gasteiger partial charge is 0.379 e. The molecule has 0 bridgehead atoms. The molecule has 0 aliphatic heterocycles. The number of carbonyl (C=O) groups excluding carboxylic acids is 2. The van der Waals surface area contributed by atoms with Crippen molar-refractivity contribution in [3.05, 3.63) is 0 Å². The summed E-state index contributed by atoms with van der Waals surface area (Å²) in [4.78, 5) is 28.5. The van der Waals surface area contributed by atoms with Crippen LogP contribution < -0.4 is 0 Å². The molecule has 0 rings (SSSR count). The van der Waals surface area contributed by atoms with E-state index in [2.05, 4.69) is 18.8 Å². The number of hydrogen-bond acceptors (Lipinski definition) is 4. The first-order chi connectivity index (χ1) is 10.3. The fourth-order valence-corrected chi connectivity index (χ4v) is 2.53. The van der Waals surface area contributed by atoms with E-state index in [0.29, 0.717) is 12.3 Å². The highest BCUT2D eigenvalue weighted by atomic mass is 19.3. The maximum Gasteiger partial charge on any atom is 0.351 e. The lowest BCUT2D eigenvalue weighted by molar-refractivity contribution is -0.188. The number of amides is 1. The van der Waals surface area contributed by atoms with Gasteiger partial charge in [0.15, 0.2) is 0 Å². The quantitative estimate of drug-likeness (QED) is 0.621. The van der Waals surface area contributed by atoms with Gasteiger partial charge >= 0.3 is 5.97 Å². The van der Waals surface area contributed by atoms with Gasteiger partial charge in [-0.15, -0.1) is 0 Å². The molecule has 22 heavy (non-hydrogen) atoms. The average Bonchev–Trinajstić information content (AvgIpc) is 2.50. The monoisotopic (exact) mass is 319 g/mol. The number of likely N-dealkylation sites (N-methyl/N-ethyl adjacent to an activating group) is 1. The third-order valence-corrected chi connectivity index (χ3v) is 4.14. The molecule has 6 heteroatoms. The summed E-state index contributed by atoms with van der Waals surface area (Å²) in [6.07, 6.45) is 1.26. The van der Waals surface area contributed by atoms with Crippen molar-refractivity contribution in [1.82, 2.24) is 4.90 Å². The van der Waals surface area contributed by atoms with Crippen molar-refractivity contribution in [2.24, 2.45) is 11.8 Å². The average molecular weight is 319 g/mol. The fourth-order valence-electron chi connectivity index (χ4n) is 2.53. The van der Waals surface area contributed by atoms with Gasteiger partial charge in [0, 0.05) is 25.1 Å². The third-order valence-electron chi connectivity index (χ3n) is 4.14. The van der Waals surface area contributed by atoms with E-state index in [9.17, 15) is 14.1 Å². The van der Waals surface area contributed by atoms with Crippen LogP contribution in [-0.4, -0.2) is 43.1 Å². The van der Waals surface area contributed by atoms with Crippen LogP contribution in [0.2, 0.25) is 0 Å². The molecule has 0 aromatic carbocycles. The van der Waals surface area contributed by atoms with Crippen LogP contribution in [0.5, 0.6) is 0 Å². The molecular formula is C16H30FNO4. The fraction of sp³-hybridized carbons (Fsp3) is 0.875. The Morgan fingerprint density at radius 1 is 1.23 bits per heavy atom. The summed E-state index contributed by atoms with van der Waals surface area (Å²) in [5.74, 6) is -0.414. The predicted octanol–water partition coefficient (Wildman–Crippen LogP) is 3.13. The van der Waals surface area contributed by atoms with Crippen LogP contribution >= 0.6 is 0 Å². The minimum absolute atomic E-state index is 0.00895. The Balaban J connectivity index is 5.07. The van der Waals surface area contributed by atoms with Gasteiger partial charge in [0.25, 0.3) is 0 Å². The molecular weight excluding hydrogens is 289 g/mol. The summed E-state index contributed by atoms with van der Waals surface area (Å²) >= 11 is 0. The van der Waals surface area contributed by atoms with Crippen molar-refractivity contribution in [2.45, 2.75) is 65.5 Å². The lowest BCUT2D eigenvalue weighted by atomic mass is 9.91. The minimum atomic E-state index is -0.983. The Kier molecular flexibility index (Phi) is 9.98. The lowest BCUT2D eigenvalue weighted by Gasteiger charge is -2.37. The van der Waals surface area contributed by atoms with Gasteiger partial charge < -0.3 is 9.64 Å². The van der Waals surface area contributed by atoms with Crippen molar-refractivity contribution >= 4 is 11.9 Å². The van der Waals surface area contributed by atoms with Gasteiger partial charge in [-0.25, -0.2) is 4.79 Å². The maximum absolute atomic E-state index is 12.4. The number of halogens is 1. The molecule has 0 aliphatic rings. The summed E-state index contributed by atoms with van der Waals surface area (Å²) in [5, 5.41) is 0. The summed E-state index contributed by atoms with van der Waals surface area (Å²) in [7, 11) is 3.17. The van der Waals surface area contributed by atoms with E-state index < -0.39 is 12.1 Å². The summed E-state index contributed by atoms with van der Waals surface area (Å²) in [6.45, 7) is 8.12. The van der Waals surface area contributed by atoms with Crippen molar-refractivity contribution in [2.75, 3.05) is 14.2 Å². The predicted molar refractivity (Wildman–Crippen MR) is 82.7 cm³/mol. The van der Waals surface area contributed by atoms with Gasteiger partial charge in [0.2, 0.25) is 5.91 Å². The van der Waals surface area contributed by atoms with E-state index in [4.69, 9.17) is 4.74 Å². The summed E-state index contributed by atoms with van der Waals surface area (Å²) in [6, 6.07) is -0.297. The van der Waals surface area contributed by atoms with Gasteiger partial charge in [-0.3, -0.25) is 9.74 Å². The highest BCUT2D eigenvalue weighted by Crippen LogP contribution is 2.23. The number of carbonyl (C=O) groups is 2. The van der Waals surface area contributed by atoms with E-state index in [1.54, 1.807) is 11.9 Å². The van der Waals surface area contributed by atoms with Crippen LogP contribution in [0.3, 0.4) is 0 Å². The Labute approximate surface area is 133 Å². The van der Waals surface area contributed by atoms with E-state index in [0.717, 1.165) is 12.8 Å². The Morgan fingerprint density at radius 2 is 1.82 bits per heavy atom. The van der Waals surface area contributed by atoms with E-state index in [1.807, 2.05) is 13.8 Å². The van der Waals surface area contributed by atoms with Crippen LogP contribution in [-0.2, 0) is 19.3 Å². The first-order valence-electron chi connectivity index (χ1n) is 7.88. The number of nitrogens with zero attached hydrogens (tertiary/aromatic N) is 1. The second kappa shape index (κ2) is 10.5. The van der Waals surface area contributed by atoms with Crippen molar-refractivity contribution < 1.29 is 23.8 Å². The molecule has 130 valence electrons. The first kappa shape index (κ1) is 20.8. The van der Waals surface area contributed by atoms with Gasteiger partial charge in [-0.1, -0.05) is 34.1 Å². The molecule has 0 heterocycles. The highest BCUT2D eigenvalue weighted by molar-refractivity contribution is 5.76. The second-order valence-corrected chi connectivity index (χ2v) is 6.24. The maximum atomic E-state index is 12.4. The highest BCUT2D eigenvalue weighted by Gasteiger charge is 2.34. The van der Waals surface area contributed by atoms with Gasteiger partial charge in [-0.2, -0.15) is 0 Å². The SMILES string of the molecule is CCC(C)C(C(CC(=O)OF)OC)N(C)C(=O)CCC(C)C. The molecule has 5 nitrogen and oxygen atoms in total. The van der Waals surface area contributed by atoms with Gasteiger partial charge in [0.1, 0.15) is 0 Å². The first-order valence-corrected chi connectivity index (χ1v) is 7.88. The standard InChI is InChI=1S/C16H30FNO4/c1-7-12(4)16(13(21-6)10-15(20)22-17)18(5)14(19)9-8-11(2)3/h11-13,16H,7-10H2,1-6H3. The van der Waals surface area contributed by atoms with E-state index >= 15 is 0 Å². The van der Waals surface area contributed by atoms with Crippen LogP contribution in [0.1, 0.15) is 53.4 Å². The second-order valence-electron chi connectivity index (χ2n) is 6.24. The van der Waals surface area contributed by atoms with E-state index in [1.165, 1.54) is 7.11 Å². The zero-order chi connectivity index (χ0) is 17.3. The lowest BCUT2D eigenvalue weighted by Crippen LogP contribution is -2.49. The van der Waals surface area contributed by atoms with Crippen molar-refractivity contribution in [3.63, 3.8) is 0 Å². The van der Waals surface area contributed by atoms with Crippen molar-refractivity contribution in [3.8, 4) is 0 Å². The zero-order valence-corrected chi connectivity index (χ0v) is 14.6. The zero-order valence-electron chi connectivity index (χ0n) is 14.6. The topological polar surface area (TPSA) is 55.8 Å². The Morgan fingerprint density at radius 3 is 2.23 bits per heavy atom. The van der Waals surface area contributed by atoms with Gasteiger partial charge in [0.05, 0.1) is 18.6 Å². The molecule has 0 aromatic rings. The van der Waals surface area contributed by atoms with Crippen LogP contribution in [0.4, 0.5) is 4.53 Å². The third kappa shape index (κ3) is 6.73. The summed E-state index contributed by atoms with van der Waals surface area (Å²) in [5.41, 5.74) is 0. The van der Waals surface area contributed by atoms with Crippen LogP contribution in [0, 0.1) is 11.8 Å². The molecule has 0 aromatic heterocycles. The molecule has 0 saturated carbocycles. The molecule has 1 amide bonds. The number of ether oxygens (including phenoxy) is 1.